The summed E-state index contributed by atoms with van der Waals surface area (Å²) in [5.41, 5.74) is 10.3. The summed E-state index contributed by atoms with van der Waals surface area (Å²) < 4.78 is 0. The molecule has 0 aromatic rings. The Bertz CT molecular complexity index is 107. The largest absolute Gasteiger partial charge is 0.355 e. The van der Waals surface area contributed by atoms with E-state index in [2.05, 4.69) is 10.6 Å². The van der Waals surface area contributed by atoms with Crippen molar-refractivity contribution in [2.45, 2.75) is 6.42 Å². The third-order valence-corrected chi connectivity index (χ3v) is 1.14. The van der Waals surface area contributed by atoms with Gasteiger partial charge in [-0.25, -0.2) is 0 Å². The van der Waals surface area contributed by atoms with Gasteiger partial charge >= 0.3 is 0 Å². The molecule has 66 valence electrons. The first kappa shape index (κ1) is 10.3. The van der Waals surface area contributed by atoms with E-state index in [1.54, 1.807) is 0 Å². The summed E-state index contributed by atoms with van der Waals surface area (Å²) in [6.45, 7) is 2.05. The third-order valence-electron chi connectivity index (χ3n) is 1.14. The second-order valence-electron chi connectivity index (χ2n) is 2.09. The number of carbonyl (C=O) groups is 1. The van der Waals surface area contributed by atoms with Crippen LogP contribution in [0, 0.1) is 0 Å². The van der Waals surface area contributed by atoms with Crippen molar-refractivity contribution >= 4 is 5.91 Å². The number of hydrogen-bond donors (Lipinski definition) is 4. The monoisotopic (exact) mass is 160 g/mol. The van der Waals surface area contributed by atoms with E-state index in [1.165, 1.54) is 0 Å². The molecule has 0 unspecified atom stereocenters. The Morgan fingerprint density at radius 1 is 1.27 bits per heavy atom. The van der Waals surface area contributed by atoms with Crippen molar-refractivity contribution in [2.24, 2.45) is 11.5 Å². The van der Waals surface area contributed by atoms with Gasteiger partial charge in [-0.2, -0.15) is 0 Å². The molecule has 5 heteroatoms. The summed E-state index contributed by atoms with van der Waals surface area (Å²) in [6, 6.07) is 0. The zero-order valence-electron chi connectivity index (χ0n) is 6.60. The van der Waals surface area contributed by atoms with Gasteiger partial charge in [0.15, 0.2) is 0 Å². The number of carbonyl (C=O) groups excluding carboxylic acids is 1. The first-order chi connectivity index (χ1) is 5.31. The third kappa shape index (κ3) is 7.24. The van der Waals surface area contributed by atoms with Crippen LogP contribution in [0.15, 0.2) is 0 Å². The molecule has 0 rings (SSSR count). The Labute approximate surface area is 66.5 Å². The quantitative estimate of drug-likeness (QED) is 0.266. The van der Waals surface area contributed by atoms with E-state index in [-0.39, 0.29) is 5.91 Å². The minimum atomic E-state index is 0.0106. The van der Waals surface area contributed by atoms with E-state index < -0.39 is 0 Å². The second-order valence-corrected chi connectivity index (χ2v) is 2.09. The van der Waals surface area contributed by atoms with Crippen molar-refractivity contribution in [3.05, 3.63) is 0 Å². The molecule has 0 heterocycles. The van der Waals surface area contributed by atoms with Crippen LogP contribution in [-0.4, -0.2) is 32.2 Å². The highest BCUT2D eigenvalue weighted by Crippen LogP contribution is 1.74. The predicted octanol–water partition coefficient (Wildman–Crippen LogP) is -2.04. The highest BCUT2D eigenvalue weighted by molar-refractivity contribution is 5.75. The minimum absolute atomic E-state index is 0.0106. The Morgan fingerprint density at radius 3 is 2.55 bits per heavy atom. The molecule has 0 saturated carbocycles. The Hall–Kier alpha value is -0.650. The average molecular weight is 160 g/mol. The summed E-state index contributed by atoms with van der Waals surface area (Å²) in [4.78, 5) is 10.8. The van der Waals surface area contributed by atoms with Crippen LogP contribution in [0.3, 0.4) is 0 Å². The van der Waals surface area contributed by atoms with Gasteiger partial charge in [-0.1, -0.05) is 0 Å². The fourth-order valence-corrected chi connectivity index (χ4v) is 0.604. The van der Waals surface area contributed by atoms with Crippen LogP contribution < -0.4 is 22.1 Å². The number of nitrogens with two attached hydrogens (primary N) is 2. The normalized spacial score (nSPS) is 9.64. The summed E-state index contributed by atoms with van der Waals surface area (Å²) in [5.74, 6) is 0.0106. The fourth-order valence-electron chi connectivity index (χ4n) is 0.604. The molecule has 0 aromatic heterocycles. The molecule has 11 heavy (non-hydrogen) atoms. The van der Waals surface area contributed by atoms with Crippen LogP contribution in [0.2, 0.25) is 0 Å². The maximum atomic E-state index is 10.8. The fraction of sp³-hybridized carbons (Fsp3) is 0.833. The van der Waals surface area contributed by atoms with E-state index in [9.17, 15) is 4.79 Å². The maximum Gasteiger partial charge on any atom is 0.221 e. The molecule has 0 aromatic carbocycles. The molecule has 6 N–H and O–H groups in total. The zero-order chi connectivity index (χ0) is 8.53. The van der Waals surface area contributed by atoms with Crippen LogP contribution >= 0.6 is 0 Å². The molecule has 0 atom stereocenters. The topological polar surface area (TPSA) is 93.2 Å². The molecular formula is C6H16N4O. The molecule has 0 fully saturated rings. The van der Waals surface area contributed by atoms with E-state index in [0.717, 1.165) is 0 Å². The van der Waals surface area contributed by atoms with Gasteiger partial charge < -0.3 is 22.1 Å². The van der Waals surface area contributed by atoms with Crippen LogP contribution in [0.25, 0.3) is 0 Å². The predicted molar refractivity (Wildman–Crippen MR) is 43.7 cm³/mol. The molecule has 0 aliphatic carbocycles. The summed E-state index contributed by atoms with van der Waals surface area (Å²) in [5, 5.41) is 5.49. The van der Waals surface area contributed by atoms with Crippen molar-refractivity contribution in [3.8, 4) is 0 Å². The molecular weight excluding hydrogens is 144 g/mol. The number of amides is 1. The van der Waals surface area contributed by atoms with Crippen LogP contribution in [0.4, 0.5) is 0 Å². The van der Waals surface area contributed by atoms with Gasteiger partial charge in [0.2, 0.25) is 5.91 Å². The minimum Gasteiger partial charge on any atom is -0.355 e. The van der Waals surface area contributed by atoms with Crippen LogP contribution in [-0.2, 0) is 4.79 Å². The van der Waals surface area contributed by atoms with Crippen molar-refractivity contribution < 1.29 is 4.79 Å². The lowest BCUT2D eigenvalue weighted by Crippen LogP contribution is -2.32. The Balaban J connectivity index is 3.09. The molecule has 1 amide bonds. The van der Waals surface area contributed by atoms with Crippen molar-refractivity contribution in [3.63, 3.8) is 0 Å². The SMILES string of the molecule is NCCNC(=O)CCNCN. The van der Waals surface area contributed by atoms with Crippen LogP contribution in [0.5, 0.6) is 0 Å². The van der Waals surface area contributed by atoms with Crippen molar-refractivity contribution in [1.82, 2.24) is 10.6 Å². The highest BCUT2D eigenvalue weighted by atomic mass is 16.1. The lowest BCUT2D eigenvalue weighted by Gasteiger charge is -2.02. The van der Waals surface area contributed by atoms with Crippen molar-refractivity contribution in [1.29, 1.82) is 0 Å². The molecule has 0 aliphatic heterocycles. The van der Waals surface area contributed by atoms with Gasteiger partial charge in [0.05, 0.1) is 0 Å². The van der Waals surface area contributed by atoms with Gasteiger partial charge in [0, 0.05) is 32.7 Å². The maximum absolute atomic E-state index is 10.8. The first-order valence-electron chi connectivity index (χ1n) is 3.68. The van der Waals surface area contributed by atoms with Gasteiger partial charge in [0.1, 0.15) is 0 Å². The standard InChI is InChI=1S/C6H16N4O/c7-2-4-10-6(11)1-3-9-5-8/h9H,1-5,7-8H2,(H,10,11). The van der Waals surface area contributed by atoms with Gasteiger partial charge in [-0.3, -0.25) is 4.79 Å². The number of hydrogen-bond acceptors (Lipinski definition) is 4. The highest BCUT2D eigenvalue weighted by Gasteiger charge is 1.96. The molecule has 0 saturated heterocycles. The zero-order valence-corrected chi connectivity index (χ0v) is 6.60. The molecule has 0 aliphatic rings. The van der Waals surface area contributed by atoms with E-state index in [0.29, 0.717) is 32.7 Å². The lowest BCUT2D eigenvalue weighted by molar-refractivity contribution is -0.120. The lowest BCUT2D eigenvalue weighted by atomic mass is 10.4. The second kappa shape index (κ2) is 7.46. The summed E-state index contributed by atoms with van der Waals surface area (Å²) >= 11 is 0. The smallest absolute Gasteiger partial charge is 0.221 e. The van der Waals surface area contributed by atoms with Gasteiger partial charge in [-0.05, 0) is 0 Å². The first-order valence-corrected chi connectivity index (χ1v) is 3.68. The molecule has 5 nitrogen and oxygen atoms in total. The number of nitrogens with one attached hydrogen (secondary N) is 2. The molecule has 0 bridgehead atoms. The summed E-state index contributed by atoms with van der Waals surface area (Å²) in [7, 11) is 0. The van der Waals surface area contributed by atoms with Crippen LogP contribution in [0.1, 0.15) is 6.42 Å². The van der Waals surface area contributed by atoms with Gasteiger partial charge in [-0.15, -0.1) is 0 Å². The molecule has 0 radical (unpaired) electrons. The van der Waals surface area contributed by atoms with Crippen molar-refractivity contribution in [2.75, 3.05) is 26.3 Å². The van der Waals surface area contributed by atoms with Gasteiger partial charge in [0.25, 0.3) is 0 Å². The van der Waals surface area contributed by atoms with E-state index >= 15 is 0 Å². The molecule has 0 spiro atoms. The number of rotatable bonds is 6. The Morgan fingerprint density at radius 2 is 2.00 bits per heavy atom. The van der Waals surface area contributed by atoms with E-state index in [1.807, 2.05) is 0 Å². The average Bonchev–Trinajstić information content (AvgIpc) is 2.01. The summed E-state index contributed by atoms with van der Waals surface area (Å²) in [6.07, 6.45) is 0.456. The Kier molecular flexibility index (Phi) is 7.02. The van der Waals surface area contributed by atoms with E-state index in [4.69, 9.17) is 11.5 Å².